The van der Waals surface area contributed by atoms with Gasteiger partial charge in [-0.1, -0.05) is 35.9 Å². The van der Waals surface area contributed by atoms with Gasteiger partial charge in [-0.05, 0) is 61.9 Å². The largest absolute Gasteiger partial charge is 0.346 e. The summed E-state index contributed by atoms with van der Waals surface area (Å²) < 4.78 is 25.8. The van der Waals surface area contributed by atoms with Gasteiger partial charge in [0.15, 0.2) is 15.5 Å². The van der Waals surface area contributed by atoms with Gasteiger partial charge in [0, 0.05) is 28.9 Å². The average Bonchev–Trinajstić information content (AvgIpc) is 3.62. The number of aromatic nitrogens is 4. The molecule has 0 aliphatic carbocycles. The number of aromatic amines is 1. The summed E-state index contributed by atoms with van der Waals surface area (Å²) in [5.74, 6) is -0.324. The van der Waals surface area contributed by atoms with Gasteiger partial charge in [0.1, 0.15) is 0 Å². The molecule has 0 atom stereocenters. The Balaban J connectivity index is 1.52. The Bertz CT molecular complexity index is 1750. The van der Waals surface area contributed by atoms with E-state index in [0.717, 1.165) is 32.3 Å². The maximum atomic E-state index is 13.1. The summed E-state index contributed by atoms with van der Waals surface area (Å²) in [5.41, 5.74) is 5.02. The summed E-state index contributed by atoms with van der Waals surface area (Å²) in [7, 11) is -3.33. The summed E-state index contributed by atoms with van der Waals surface area (Å²) in [4.78, 5) is 15.1. The van der Waals surface area contributed by atoms with Crippen molar-refractivity contribution in [2.24, 2.45) is 0 Å². The van der Waals surface area contributed by atoms with Crippen LogP contribution in [0.3, 0.4) is 0 Å². The van der Waals surface area contributed by atoms with E-state index in [9.17, 15) is 13.2 Å². The first kappa shape index (κ1) is 25.9. The lowest BCUT2D eigenvalue weighted by Crippen LogP contribution is -2.24. The Morgan fingerprint density at radius 3 is 2.53 bits per heavy atom. The van der Waals surface area contributed by atoms with Crippen LogP contribution in [0.15, 0.2) is 71.6 Å². The van der Waals surface area contributed by atoms with E-state index in [1.54, 1.807) is 35.0 Å². The number of amides is 1. The Labute approximate surface area is 229 Å². The highest BCUT2D eigenvalue weighted by atomic mass is 35.5. The molecular weight excluding hydrogens is 542 g/mol. The first-order valence-electron chi connectivity index (χ1n) is 11.7. The molecule has 2 N–H and O–H groups in total. The SMILES string of the molecule is Cc1n[nH]c(C)c1CNC(=O)c1cc(-c2ccc(-c3cccc(S(C)(=O)=O)c3)s2)n(-c2ccccc2Cl)n1. The van der Waals surface area contributed by atoms with Crippen molar-refractivity contribution in [3.8, 4) is 26.7 Å². The van der Waals surface area contributed by atoms with Crippen LogP contribution >= 0.6 is 22.9 Å². The minimum atomic E-state index is -3.33. The second-order valence-electron chi connectivity index (χ2n) is 8.84. The zero-order chi connectivity index (χ0) is 27.0. The molecule has 5 rings (SSSR count). The van der Waals surface area contributed by atoms with Crippen LogP contribution in [0.2, 0.25) is 5.02 Å². The van der Waals surface area contributed by atoms with Crippen molar-refractivity contribution in [3.63, 3.8) is 0 Å². The van der Waals surface area contributed by atoms with Crippen molar-refractivity contribution in [2.75, 3.05) is 6.26 Å². The normalized spacial score (nSPS) is 11.6. The molecule has 0 fully saturated rings. The second-order valence-corrected chi connectivity index (χ2v) is 12.3. The van der Waals surface area contributed by atoms with Crippen molar-refractivity contribution in [1.82, 2.24) is 25.3 Å². The number of hydrogen-bond donors (Lipinski definition) is 2. The van der Waals surface area contributed by atoms with Gasteiger partial charge in [0.05, 0.1) is 31.9 Å². The lowest BCUT2D eigenvalue weighted by molar-refractivity contribution is 0.0945. The molecule has 3 heterocycles. The number of rotatable bonds is 7. The quantitative estimate of drug-likeness (QED) is 0.267. The van der Waals surface area contributed by atoms with E-state index < -0.39 is 9.84 Å². The molecule has 8 nitrogen and oxygen atoms in total. The molecule has 0 bridgehead atoms. The van der Waals surface area contributed by atoms with Crippen molar-refractivity contribution < 1.29 is 13.2 Å². The number of halogens is 1. The average molecular weight is 566 g/mol. The van der Waals surface area contributed by atoms with Gasteiger partial charge in [-0.3, -0.25) is 9.89 Å². The fourth-order valence-corrected chi connectivity index (χ4v) is 5.97. The van der Waals surface area contributed by atoms with Crippen LogP contribution in [-0.4, -0.2) is 40.6 Å². The molecule has 3 aromatic heterocycles. The number of H-pyrrole nitrogens is 1. The van der Waals surface area contributed by atoms with E-state index >= 15 is 0 Å². The molecule has 0 aliphatic heterocycles. The number of aryl methyl sites for hydroxylation is 2. The highest BCUT2D eigenvalue weighted by Crippen LogP contribution is 2.37. The van der Waals surface area contributed by atoms with Crippen LogP contribution in [0.1, 0.15) is 27.4 Å². The van der Waals surface area contributed by atoms with Gasteiger partial charge in [-0.15, -0.1) is 11.3 Å². The minimum absolute atomic E-state index is 0.243. The van der Waals surface area contributed by atoms with Gasteiger partial charge >= 0.3 is 0 Å². The number of thiophene rings is 1. The van der Waals surface area contributed by atoms with Gasteiger partial charge in [-0.25, -0.2) is 13.1 Å². The van der Waals surface area contributed by atoms with Crippen molar-refractivity contribution >= 4 is 38.7 Å². The molecule has 0 spiro atoms. The molecule has 2 aromatic carbocycles. The van der Waals surface area contributed by atoms with E-state index in [-0.39, 0.29) is 16.5 Å². The van der Waals surface area contributed by atoms with Crippen LogP contribution in [0.5, 0.6) is 0 Å². The maximum Gasteiger partial charge on any atom is 0.272 e. The molecule has 0 saturated heterocycles. The number of carbonyl (C=O) groups is 1. The predicted molar refractivity (Wildman–Crippen MR) is 150 cm³/mol. The van der Waals surface area contributed by atoms with Crippen LogP contribution in [0.25, 0.3) is 26.7 Å². The highest BCUT2D eigenvalue weighted by molar-refractivity contribution is 7.90. The number of para-hydroxylation sites is 1. The highest BCUT2D eigenvalue weighted by Gasteiger charge is 2.20. The van der Waals surface area contributed by atoms with Crippen LogP contribution in [0.4, 0.5) is 0 Å². The molecule has 11 heteroatoms. The number of nitrogens with one attached hydrogen (secondary N) is 2. The number of carbonyl (C=O) groups excluding carboxylic acids is 1. The monoisotopic (exact) mass is 565 g/mol. The number of sulfone groups is 1. The lowest BCUT2D eigenvalue weighted by atomic mass is 10.2. The Kier molecular flexibility index (Phi) is 6.95. The summed E-state index contributed by atoms with van der Waals surface area (Å²) in [5, 5.41) is 15.1. The van der Waals surface area contributed by atoms with Gasteiger partial charge in [-0.2, -0.15) is 10.2 Å². The molecule has 0 radical (unpaired) electrons. The van der Waals surface area contributed by atoms with Crippen molar-refractivity contribution in [1.29, 1.82) is 0 Å². The number of hydrogen-bond acceptors (Lipinski definition) is 6. The number of benzene rings is 2. The molecule has 5 aromatic rings. The fourth-order valence-electron chi connectivity index (χ4n) is 4.08. The van der Waals surface area contributed by atoms with E-state index in [0.29, 0.717) is 22.9 Å². The first-order valence-corrected chi connectivity index (χ1v) is 14.7. The third kappa shape index (κ3) is 5.15. The zero-order valence-corrected chi connectivity index (χ0v) is 23.2. The lowest BCUT2D eigenvalue weighted by Gasteiger charge is -2.08. The fraction of sp³-hybridized carbons (Fsp3) is 0.148. The molecule has 0 aliphatic rings. The van der Waals surface area contributed by atoms with Gasteiger partial charge in [0.25, 0.3) is 5.91 Å². The number of nitrogens with zero attached hydrogens (tertiary/aromatic N) is 3. The summed E-state index contributed by atoms with van der Waals surface area (Å²) in [6, 6.07) is 19.7. The van der Waals surface area contributed by atoms with E-state index in [4.69, 9.17) is 11.6 Å². The van der Waals surface area contributed by atoms with Crippen LogP contribution < -0.4 is 5.32 Å². The minimum Gasteiger partial charge on any atom is -0.346 e. The molecule has 0 unspecified atom stereocenters. The van der Waals surface area contributed by atoms with E-state index in [2.05, 4.69) is 20.6 Å². The second kappa shape index (κ2) is 10.2. The van der Waals surface area contributed by atoms with Crippen LogP contribution in [-0.2, 0) is 16.4 Å². The summed E-state index contributed by atoms with van der Waals surface area (Å²) in [6.07, 6.45) is 1.19. The van der Waals surface area contributed by atoms with E-state index in [1.807, 2.05) is 50.2 Å². The first-order chi connectivity index (χ1) is 18.1. The zero-order valence-electron chi connectivity index (χ0n) is 20.8. The molecular formula is C27H24ClN5O3S2. The van der Waals surface area contributed by atoms with E-state index in [1.165, 1.54) is 17.6 Å². The van der Waals surface area contributed by atoms with Crippen molar-refractivity contribution in [2.45, 2.75) is 25.3 Å². The molecule has 1 amide bonds. The third-order valence-electron chi connectivity index (χ3n) is 6.13. The van der Waals surface area contributed by atoms with Crippen LogP contribution in [0, 0.1) is 13.8 Å². The molecule has 0 saturated carbocycles. The molecule has 38 heavy (non-hydrogen) atoms. The van der Waals surface area contributed by atoms with Gasteiger partial charge < -0.3 is 5.32 Å². The van der Waals surface area contributed by atoms with Crippen molar-refractivity contribution in [3.05, 3.63) is 94.4 Å². The predicted octanol–water partition coefficient (Wildman–Crippen LogP) is 5.59. The standard InChI is InChI=1S/C27H24ClN5O3S2/c1-16-20(17(2)31-30-16)15-29-27(34)22-14-24(33(32-22)23-10-5-4-9-21(23)28)26-12-11-25(37-26)18-7-6-8-19(13-18)38(3,35)36/h4-14H,15H2,1-3H3,(H,29,34)(H,30,31). The molecule has 194 valence electrons. The smallest absolute Gasteiger partial charge is 0.272 e. The summed E-state index contributed by atoms with van der Waals surface area (Å²) in [6.45, 7) is 4.11. The maximum absolute atomic E-state index is 13.1. The summed E-state index contributed by atoms with van der Waals surface area (Å²) >= 11 is 7.98. The Hall–Kier alpha value is -3.73. The Morgan fingerprint density at radius 1 is 1.05 bits per heavy atom. The topological polar surface area (TPSA) is 110 Å². The third-order valence-corrected chi connectivity index (χ3v) is 8.72. The Morgan fingerprint density at radius 2 is 1.82 bits per heavy atom. The van der Waals surface area contributed by atoms with Gasteiger partial charge in [0.2, 0.25) is 0 Å².